The van der Waals surface area contributed by atoms with Crippen molar-refractivity contribution in [3.63, 3.8) is 0 Å². The summed E-state index contributed by atoms with van der Waals surface area (Å²) in [5, 5.41) is 4.32. The van der Waals surface area contributed by atoms with E-state index in [2.05, 4.69) is 29.3 Å². The minimum absolute atomic E-state index is 0.00150. The zero-order valence-electron chi connectivity index (χ0n) is 16.1. The third-order valence-corrected chi connectivity index (χ3v) is 5.93. The molecular weight excluding hydrogens is 379 g/mol. The third-order valence-electron chi connectivity index (χ3n) is 5.19. The second kappa shape index (κ2) is 8.64. The molecule has 0 aromatic heterocycles. The maximum Gasteiger partial charge on any atom is 0.228 e. The van der Waals surface area contributed by atoms with Gasteiger partial charge in [0.15, 0.2) is 0 Å². The van der Waals surface area contributed by atoms with Crippen molar-refractivity contribution in [2.24, 2.45) is 5.92 Å². The summed E-state index contributed by atoms with van der Waals surface area (Å²) in [5.74, 6) is 0.116. The molecule has 5 heteroatoms. The van der Waals surface area contributed by atoms with Crippen LogP contribution in [-0.4, -0.2) is 23.9 Å². The van der Waals surface area contributed by atoms with Crippen LogP contribution in [0.1, 0.15) is 35.1 Å². The second-order valence-electron chi connectivity index (χ2n) is 7.59. The molecule has 1 N–H and O–H groups in total. The maximum atomic E-state index is 12.9. The Morgan fingerprint density at radius 3 is 2.48 bits per heavy atom. The van der Waals surface area contributed by atoms with Crippen LogP contribution in [0.4, 0.5) is 5.69 Å². The average molecular weight is 405 g/mol. The SMILES string of the molecule is Cc1cc(C)c(NC(=O)C2CCCN(Cc3ccc(Cl)c(Cl)c3)C2)c(C)c1. The van der Waals surface area contributed by atoms with E-state index in [1.165, 1.54) is 5.56 Å². The highest BCUT2D eigenvalue weighted by molar-refractivity contribution is 6.42. The van der Waals surface area contributed by atoms with Crippen LogP contribution in [-0.2, 0) is 11.3 Å². The summed E-state index contributed by atoms with van der Waals surface area (Å²) >= 11 is 12.1. The van der Waals surface area contributed by atoms with Gasteiger partial charge in [-0.2, -0.15) is 0 Å². The highest BCUT2D eigenvalue weighted by Crippen LogP contribution is 2.27. The van der Waals surface area contributed by atoms with E-state index in [0.717, 1.165) is 54.9 Å². The van der Waals surface area contributed by atoms with Crippen LogP contribution < -0.4 is 5.32 Å². The van der Waals surface area contributed by atoms with Crippen molar-refractivity contribution in [2.45, 2.75) is 40.2 Å². The number of hydrogen-bond donors (Lipinski definition) is 1. The van der Waals surface area contributed by atoms with Crippen molar-refractivity contribution in [3.8, 4) is 0 Å². The molecule has 0 aliphatic carbocycles. The van der Waals surface area contributed by atoms with Gasteiger partial charge in [0.2, 0.25) is 5.91 Å². The summed E-state index contributed by atoms with van der Waals surface area (Å²) in [4.78, 5) is 15.2. The molecular formula is C22H26Cl2N2O. The van der Waals surface area contributed by atoms with E-state index in [1.54, 1.807) is 0 Å². The highest BCUT2D eigenvalue weighted by atomic mass is 35.5. The molecule has 2 aromatic carbocycles. The summed E-state index contributed by atoms with van der Waals surface area (Å²) in [6.07, 6.45) is 1.94. The lowest BCUT2D eigenvalue weighted by Gasteiger charge is -2.32. The summed E-state index contributed by atoms with van der Waals surface area (Å²) in [5.41, 5.74) is 5.52. The molecule has 1 atom stereocenters. The predicted molar refractivity (Wildman–Crippen MR) is 114 cm³/mol. The van der Waals surface area contributed by atoms with Crippen LogP contribution in [0.15, 0.2) is 30.3 Å². The molecule has 0 radical (unpaired) electrons. The van der Waals surface area contributed by atoms with E-state index >= 15 is 0 Å². The Bertz CT molecular complexity index is 827. The zero-order chi connectivity index (χ0) is 19.6. The summed E-state index contributed by atoms with van der Waals surface area (Å²) in [6.45, 7) is 8.71. The van der Waals surface area contributed by atoms with Gasteiger partial charge in [-0.3, -0.25) is 9.69 Å². The number of halogens is 2. The minimum Gasteiger partial charge on any atom is -0.325 e. The molecule has 3 rings (SSSR count). The number of anilines is 1. The summed E-state index contributed by atoms with van der Waals surface area (Å²) in [6, 6.07) is 9.96. The van der Waals surface area contributed by atoms with Crippen molar-refractivity contribution in [1.29, 1.82) is 0 Å². The predicted octanol–water partition coefficient (Wildman–Crippen LogP) is 5.77. The van der Waals surface area contributed by atoms with Gasteiger partial charge in [0.1, 0.15) is 0 Å². The zero-order valence-corrected chi connectivity index (χ0v) is 17.6. The number of rotatable bonds is 4. The molecule has 2 aromatic rings. The Balaban J connectivity index is 1.65. The molecule has 1 saturated heterocycles. The topological polar surface area (TPSA) is 32.3 Å². The van der Waals surface area contributed by atoms with Crippen molar-refractivity contribution >= 4 is 34.8 Å². The second-order valence-corrected chi connectivity index (χ2v) is 8.40. The highest BCUT2D eigenvalue weighted by Gasteiger charge is 2.26. The van der Waals surface area contributed by atoms with Crippen molar-refractivity contribution in [1.82, 2.24) is 4.90 Å². The van der Waals surface area contributed by atoms with Crippen molar-refractivity contribution in [2.75, 3.05) is 18.4 Å². The quantitative estimate of drug-likeness (QED) is 0.701. The molecule has 1 amide bonds. The lowest BCUT2D eigenvalue weighted by Crippen LogP contribution is -2.40. The Kier molecular flexibility index (Phi) is 6.46. The van der Waals surface area contributed by atoms with Crippen LogP contribution in [0.2, 0.25) is 10.0 Å². The maximum absolute atomic E-state index is 12.9. The Labute approximate surface area is 171 Å². The first-order chi connectivity index (χ1) is 12.8. The first-order valence-corrected chi connectivity index (χ1v) is 10.1. The summed E-state index contributed by atoms with van der Waals surface area (Å²) in [7, 11) is 0. The van der Waals surface area contributed by atoms with E-state index in [0.29, 0.717) is 10.0 Å². The normalized spacial score (nSPS) is 17.7. The van der Waals surface area contributed by atoms with Gasteiger partial charge >= 0.3 is 0 Å². The minimum atomic E-state index is 0.00150. The Hall–Kier alpha value is -1.55. The number of carbonyl (C=O) groups is 1. The van der Waals surface area contributed by atoms with Gasteiger partial charge in [0, 0.05) is 18.8 Å². The van der Waals surface area contributed by atoms with E-state index in [4.69, 9.17) is 23.2 Å². The van der Waals surface area contributed by atoms with Gasteiger partial charge in [-0.05, 0) is 69.0 Å². The van der Waals surface area contributed by atoms with E-state index in [9.17, 15) is 4.79 Å². The number of hydrogen-bond acceptors (Lipinski definition) is 2. The molecule has 3 nitrogen and oxygen atoms in total. The van der Waals surface area contributed by atoms with Gasteiger partial charge in [0.25, 0.3) is 0 Å². The molecule has 0 saturated carbocycles. The first kappa shape index (κ1) is 20.2. The number of amides is 1. The molecule has 1 aliphatic rings. The molecule has 27 heavy (non-hydrogen) atoms. The fourth-order valence-electron chi connectivity index (χ4n) is 3.91. The number of aryl methyl sites for hydroxylation is 3. The first-order valence-electron chi connectivity index (χ1n) is 9.38. The van der Waals surface area contributed by atoms with Gasteiger partial charge in [-0.1, -0.05) is 47.0 Å². The Morgan fingerprint density at radius 2 is 1.81 bits per heavy atom. The summed E-state index contributed by atoms with van der Waals surface area (Å²) < 4.78 is 0. The molecule has 0 spiro atoms. The Morgan fingerprint density at radius 1 is 1.11 bits per heavy atom. The molecule has 1 heterocycles. The monoisotopic (exact) mass is 404 g/mol. The lowest BCUT2D eigenvalue weighted by atomic mass is 9.96. The fourth-order valence-corrected chi connectivity index (χ4v) is 4.23. The molecule has 144 valence electrons. The van der Waals surface area contributed by atoms with Gasteiger partial charge < -0.3 is 5.32 Å². The van der Waals surface area contributed by atoms with Crippen LogP contribution >= 0.6 is 23.2 Å². The van der Waals surface area contributed by atoms with Crippen LogP contribution in [0.5, 0.6) is 0 Å². The number of nitrogens with one attached hydrogen (secondary N) is 1. The number of nitrogens with zero attached hydrogens (tertiary/aromatic N) is 1. The van der Waals surface area contributed by atoms with E-state index in [-0.39, 0.29) is 11.8 Å². The lowest BCUT2D eigenvalue weighted by molar-refractivity contribution is -0.121. The van der Waals surface area contributed by atoms with Crippen molar-refractivity contribution < 1.29 is 4.79 Å². The molecule has 0 bridgehead atoms. The van der Waals surface area contributed by atoms with E-state index < -0.39 is 0 Å². The van der Waals surface area contributed by atoms with Crippen LogP contribution in [0.25, 0.3) is 0 Å². The number of piperidine rings is 1. The molecule has 1 fully saturated rings. The standard InChI is InChI=1S/C22H26Cl2N2O/c1-14-9-15(2)21(16(3)10-14)25-22(27)18-5-4-8-26(13-18)12-17-6-7-19(23)20(24)11-17/h6-7,9-11,18H,4-5,8,12-13H2,1-3H3,(H,25,27). The molecule has 1 aliphatic heterocycles. The van der Waals surface area contributed by atoms with Crippen LogP contribution in [0.3, 0.4) is 0 Å². The van der Waals surface area contributed by atoms with Crippen LogP contribution in [0, 0.1) is 26.7 Å². The molecule has 1 unspecified atom stereocenters. The van der Waals surface area contributed by atoms with Gasteiger partial charge in [-0.15, -0.1) is 0 Å². The number of benzene rings is 2. The van der Waals surface area contributed by atoms with E-state index in [1.807, 2.05) is 32.0 Å². The fraction of sp³-hybridized carbons (Fsp3) is 0.409. The number of likely N-dealkylation sites (tertiary alicyclic amines) is 1. The smallest absolute Gasteiger partial charge is 0.228 e. The largest absolute Gasteiger partial charge is 0.325 e. The van der Waals surface area contributed by atoms with Gasteiger partial charge in [0.05, 0.1) is 16.0 Å². The third kappa shape index (κ3) is 5.04. The number of carbonyl (C=O) groups excluding carboxylic acids is 1. The van der Waals surface area contributed by atoms with Gasteiger partial charge in [-0.25, -0.2) is 0 Å². The average Bonchev–Trinajstić information content (AvgIpc) is 2.61. The van der Waals surface area contributed by atoms with Crippen molar-refractivity contribution in [3.05, 3.63) is 62.6 Å².